The third kappa shape index (κ3) is 4.84. The summed E-state index contributed by atoms with van der Waals surface area (Å²) in [5, 5.41) is 10.1. The average molecular weight is 316 g/mol. The molecule has 1 atom stereocenters. The highest BCUT2D eigenvalue weighted by Gasteiger charge is 2.30. The van der Waals surface area contributed by atoms with Gasteiger partial charge in [0, 0.05) is 0 Å². The van der Waals surface area contributed by atoms with Crippen molar-refractivity contribution in [2.45, 2.75) is 71.8 Å². The highest BCUT2D eigenvalue weighted by atomic mass is 16.5. The lowest BCUT2D eigenvalue weighted by molar-refractivity contribution is -0.0616. The van der Waals surface area contributed by atoms with E-state index in [0.29, 0.717) is 24.2 Å². The lowest BCUT2D eigenvalue weighted by Gasteiger charge is -2.36. The van der Waals surface area contributed by atoms with Gasteiger partial charge in [0.25, 0.3) is 0 Å². The van der Waals surface area contributed by atoms with Crippen LogP contribution in [0.25, 0.3) is 0 Å². The normalized spacial score (nSPS) is 19.0. The van der Waals surface area contributed by atoms with E-state index in [-0.39, 0.29) is 5.60 Å². The van der Waals surface area contributed by atoms with Gasteiger partial charge in [-0.2, -0.15) is 0 Å². The van der Waals surface area contributed by atoms with E-state index in [2.05, 4.69) is 46.8 Å². The Morgan fingerprint density at radius 1 is 1.30 bits per heavy atom. The Kier molecular flexibility index (Phi) is 5.91. The number of allylic oxidation sites excluding steroid dienone is 2. The number of ether oxygens (including phenoxy) is 1. The summed E-state index contributed by atoms with van der Waals surface area (Å²) in [5.74, 6) is 1.36. The first kappa shape index (κ1) is 18.1. The first-order valence-electron chi connectivity index (χ1n) is 8.91. The van der Waals surface area contributed by atoms with Crippen molar-refractivity contribution in [3.05, 3.63) is 41.0 Å². The number of phenolic OH excluding ortho intramolecular Hbond substituents is 1. The lowest BCUT2D eigenvalue weighted by atomic mass is 9.79. The maximum atomic E-state index is 10.1. The Labute approximate surface area is 141 Å². The van der Waals surface area contributed by atoms with Crippen molar-refractivity contribution in [3.63, 3.8) is 0 Å². The van der Waals surface area contributed by atoms with Gasteiger partial charge in [-0.3, -0.25) is 0 Å². The zero-order chi connectivity index (χ0) is 17.0. The van der Waals surface area contributed by atoms with Gasteiger partial charge in [0.2, 0.25) is 0 Å². The topological polar surface area (TPSA) is 29.5 Å². The number of benzene rings is 1. The average Bonchev–Trinajstić information content (AvgIpc) is 2.47. The second kappa shape index (κ2) is 7.53. The Morgan fingerprint density at radius 3 is 2.61 bits per heavy atom. The zero-order valence-electron chi connectivity index (χ0n) is 15.4. The largest absolute Gasteiger partial charge is 0.508 e. The third-order valence-electron chi connectivity index (χ3n) is 5.20. The highest BCUT2D eigenvalue weighted by molar-refractivity contribution is 5.38. The molecular weight excluding hydrogens is 284 g/mol. The molecule has 0 radical (unpaired) electrons. The molecular formula is C21H32O2. The summed E-state index contributed by atoms with van der Waals surface area (Å²) in [5.41, 5.74) is 3.58. The van der Waals surface area contributed by atoms with Gasteiger partial charge in [0.15, 0.2) is 0 Å². The van der Waals surface area contributed by atoms with Crippen LogP contribution in [-0.2, 0) is 11.2 Å². The smallest absolute Gasteiger partial charge is 0.119 e. The molecule has 1 N–H and O–H groups in total. The number of rotatable bonds is 6. The van der Waals surface area contributed by atoms with Crippen LogP contribution in [0.3, 0.4) is 0 Å². The number of hydrogen-bond donors (Lipinski definition) is 1. The van der Waals surface area contributed by atoms with E-state index < -0.39 is 0 Å². The van der Waals surface area contributed by atoms with Gasteiger partial charge in [0.05, 0.1) is 12.2 Å². The molecule has 128 valence electrons. The van der Waals surface area contributed by atoms with E-state index in [9.17, 15) is 5.11 Å². The molecule has 0 saturated heterocycles. The van der Waals surface area contributed by atoms with E-state index in [1.165, 1.54) is 18.4 Å². The van der Waals surface area contributed by atoms with Crippen LogP contribution in [0.4, 0.5) is 0 Å². The van der Waals surface area contributed by atoms with Crippen molar-refractivity contribution < 1.29 is 9.84 Å². The fourth-order valence-corrected chi connectivity index (χ4v) is 3.38. The number of phenols is 1. The van der Waals surface area contributed by atoms with Crippen LogP contribution in [0.2, 0.25) is 0 Å². The predicted octanol–water partition coefficient (Wildman–Crippen LogP) is 5.60. The van der Waals surface area contributed by atoms with Crippen LogP contribution in [0.1, 0.15) is 70.9 Å². The maximum absolute atomic E-state index is 10.1. The molecule has 0 aromatic heterocycles. The van der Waals surface area contributed by atoms with E-state index in [4.69, 9.17) is 4.74 Å². The van der Waals surface area contributed by atoms with Crippen LogP contribution in [0.5, 0.6) is 5.75 Å². The molecule has 23 heavy (non-hydrogen) atoms. The summed E-state index contributed by atoms with van der Waals surface area (Å²) in [6.07, 6.45) is 6.75. The molecule has 1 aromatic rings. The molecule has 0 aliphatic heterocycles. The molecule has 2 heteroatoms. The first-order valence-corrected chi connectivity index (χ1v) is 8.91. The van der Waals surface area contributed by atoms with Gasteiger partial charge < -0.3 is 9.84 Å². The third-order valence-corrected chi connectivity index (χ3v) is 5.20. The van der Waals surface area contributed by atoms with Crippen molar-refractivity contribution in [2.75, 3.05) is 6.61 Å². The second-order valence-corrected chi connectivity index (χ2v) is 7.77. The lowest BCUT2D eigenvalue weighted by Crippen LogP contribution is -2.36. The number of hydrogen-bond acceptors (Lipinski definition) is 2. The van der Waals surface area contributed by atoms with Gasteiger partial charge in [-0.05, 0) is 75.5 Å². The minimum absolute atomic E-state index is 0.0862. The zero-order valence-corrected chi connectivity index (χ0v) is 15.4. The molecule has 2 nitrogen and oxygen atoms in total. The van der Waals surface area contributed by atoms with E-state index in [0.717, 1.165) is 24.0 Å². The Morgan fingerprint density at radius 2 is 2.04 bits per heavy atom. The van der Waals surface area contributed by atoms with Crippen molar-refractivity contribution in [2.24, 2.45) is 5.92 Å². The highest BCUT2D eigenvalue weighted by Crippen LogP contribution is 2.34. The monoisotopic (exact) mass is 316 g/mol. The molecule has 1 aliphatic carbocycles. The van der Waals surface area contributed by atoms with Crippen LogP contribution in [0.15, 0.2) is 29.8 Å². The molecule has 0 amide bonds. The van der Waals surface area contributed by atoms with Gasteiger partial charge >= 0.3 is 0 Å². The van der Waals surface area contributed by atoms with Crippen LogP contribution >= 0.6 is 0 Å². The van der Waals surface area contributed by atoms with Crippen molar-refractivity contribution in [1.82, 2.24) is 0 Å². The van der Waals surface area contributed by atoms with Crippen LogP contribution in [0, 0.1) is 5.92 Å². The molecule has 1 unspecified atom stereocenters. The van der Waals surface area contributed by atoms with Gasteiger partial charge in [0.1, 0.15) is 5.75 Å². The Hall–Kier alpha value is -1.28. The van der Waals surface area contributed by atoms with Crippen molar-refractivity contribution >= 4 is 0 Å². The summed E-state index contributed by atoms with van der Waals surface area (Å²) >= 11 is 0. The van der Waals surface area contributed by atoms with Gasteiger partial charge in [-0.15, -0.1) is 0 Å². The molecule has 0 spiro atoms. The first-order chi connectivity index (χ1) is 10.8. The summed E-state index contributed by atoms with van der Waals surface area (Å²) in [7, 11) is 0. The fraction of sp³-hybridized carbons (Fsp3) is 0.619. The Balaban J connectivity index is 1.88. The molecule has 0 bridgehead atoms. The molecule has 1 aromatic carbocycles. The SMILES string of the molecule is CC1=CCC(C(C)(C)OCCc2ccc(C(C)C)c(O)c2)CC1. The van der Waals surface area contributed by atoms with E-state index in [1.54, 1.807) is 0 Å². The predicted molar refractivity (Wildman–Crippen MR) is 97.0 cm³/mol. The molecule has 1 aliphatic rings. The molecule has 2 rings (SSSR count). The van der Waals surface area contributed by atoms with Crippen molar-refractivity contribution in [3.8, 4) is 5.75 Å². The summed E-state index contributed by atoms with van der Waals surface area (Å²) < 4.78 is 6.21. The van der Waals surface area contributed by atoms with E-state index >= 15 is 0 Å². The number of aromatic hydroxyl groups is 1. The standard InChI is InChI=1S/C21H32O2/c1-15(2)19-11-8-17(14-20(19)22)12-13-23-21(4,5)18-9-6-16(3)7-10-18/h6,8,11,14-15,18,22H,7,9-10,12-13H2,1-5H3. The van der Waals surface area contributed by atoms with Gasteiger partial charge in [-0.1, -0.05) is 37.6 Å². The summed E-state index contributed by atoms with van der Waals surface area (Å²) in [4.78, 5) is 0. The minimum Gasteiger partial charge on any atom is -0.508 e. The Bertz CT molecular complexity index is 555. The minimum atomic E-state index is -0.0862. The quantitative estimate of drug-likeness (QED) is 0.692. The summed E-state index contributed by atoms with van der Waals surface area (Å²) in [6.45, 7) is 11.5. The fourth-order valence-electron chi connectivity index (χ4n) is 3.38. The molecule has 0 fully saturated rings. The molecule has 0 heterocycles. The molecule has 0 saturated carbocycles. The van der Waals surface area contributed by atoms with E-state index in [1.807, 2.05) is 12.1 Å². The maximum Gasteiger partial charge on any atom is 0.119 e. The van der Waals surface area contributed by atoms with Gasteiger partial charge in [-0.25, -0.2) is 0 Å². The van der Waals surface area contributed by atoms with Crippen LogP contribution < -0.4 is 0 Å². The summed E-state index contributed by atoms with van der Waals surface area (Å²) in [6, 6.07) is 6.03. The van der Waals surface area contributed by atoms with Crippen LogP contribution in [-0.4, -0.2) is 17.3 Å². The second-order valence-electron chi connectivity index (χ2n) is 7.77. The van der Waals surface area contributed by atoms with Crippen molar-refractivity contribution in [1.29, 1.82) is 0 Å².